The van der Waals surface area contributed by atoms with Crippen LogP contribution >= 0.6 is 11.8 Å². The number of fused-ring (bicyclic) bond motifs is 1. The van der Waals surface area contributed by atoms with E-state index in [1.54, 1.807) is 18.9 Å². The maximum absolute atomic E-state index is 12.8. The molecule has 0 fully saturated rings. The Morgan fingerprint density at radius 3 is 2.54 bits per heavy atom. The van der Waals surface area contributed by atoms with Crippen molar-refractivity contribution in [2.75, 3.05) is 13.4 Å². The minimum Gasteiger partial charge on any atom is -0.497 e. The summed E-state index contributed by atoms with van der Waals surface area (Å²) < 4.78 is 5.26. The Morgan fingerprint density at radius 2 is 1.88 bits per heavy atom. The maximum atomic E-state index is 12.8. The second-order valence-corrected chi connectivity index (χ2v) is 7.03. The summed E-state index contributed by atoms with van der Waals surface area (Å²) in [6, 6.07) is 15.7. The van der Waals surface area contributed by atoms with Gasteiger partial charge in [0.25, 0.3) is 5.91 Å². The zero-order chi connectivity index (χ0) is 18.7. The molecule has 2 aromatic carbocycles. The van der Waals surface area contributed by atoms with Gasteiger partial charge >= 0.3 is 0 Å². The third-order valence-electron chi connectivity index (χ3n) is 4.42. The van der Waals surface area contributed by atoms with Gasteiger partial charge in [0.1, 0.15) is 5.75 Å². The molecule has 1 heterocycles. The molecular weight excluding hydrogens is 344 g/mol. The van der Waals surface area contributed by atoms with Crippen LogP contribution in [0.4, 0.5) is 0 Å². The van der Waals surface area contributed by atoms with Crippen molar-refractivity contribution in [2.45, 2.75) is 24.8 Å². The number of aromatic nitrogens is 1. The van der Waals surface area contributed by atoms with E-state index in [-0.39, 0.29) is 11.9 Å². The molecule has 3 aromatic rings. The Bertz CT molecular complexity index is 939. The molecule has 1 N–H and O–H groups in total. The van der Waals surface area contributed by atoms with E-state index in [1.807, 2.05) is 56.5 Å². The van der Waals surface area contributed by atoms with Crippen molar-refractivity contribution < 1.29 is 9.53 Å². The second kappa shape index (κ2) is 7.79. The first kappa shape index (κ1) is 18.3. The van der Waals surface area contributed by atoms with E-state index in [0.717, 1.165) is 22.2 Å². The van der Waals surface area contributed by atoms with Crippen LogP contribution in [0, 0.1) is 6.92 Å². The van der Waals surface area contributed by atoms with Gasteiger partial charge in [-0.2, -0.15) is 0 Å². The average Bonchev–Trinajstić information content (AvgIpc) is 2.67. The minimum absolute atomic E-state index is 0.0844. The number of aryl methyl sites for hydroxylation is 1. The van der Waals surface area contributed by atoms with Gasteiger partial charge in [0, 0.05) is 10.3 Å². The van der Waals surface area contributed by atoms with Crippen molar-refractivity contribution in [3.05, 3.63) is 65.4 Å². The summed E-state index contributed by atoms with van der Waals surface area (Å²) in [4.78, 5) is 18.5. The third-order valence-corrected chi connectivity index (χ3v) is 5.16. The Labute approximate surface area is 158 Å². The Kier molecular flexibility index (Phi) is 5.47. The topological polar surface area (TPSA) is 51.2 Å². The fraction of sp³-hybridized carbons (Fsp3) is 0.238. The number of nitrogens with zero attached hydrogens (tertiary/aromatic N) is 1. The molecular formula is C21H22N2O2S. The number of methoxy groups -OCH3 is 1. The molecule has 1 unspecified atom stereocenters. The first-order valence-corrected chi connectivity index (χ1v) is 9.64. The molecule has 3 rings (SSSR count). The summed E-state index contributed by atoms with van der Waals surface area (Å²) in [5, 5.41) is 3.95. The lowest BCUT2D eigenvalue weighted by atomic mass is 10.1. The molecule has 0 aliphatic heterocycles. The number of ether oxygens (including phenoxy) is 1. The molecule has 1 amide bonds. The largest absolute Gasteiger partial charge is 0.497 e. The van der Waals surface area contributed by atoms with Crippen LogP contribution in [0.3, 0.4) is 0 Å². The van der Waals surface area contributed by atoms with Gasteiger partial charge in [0.2, 0.25) is 0 Å². The molecule has 134 valence electrons. The molecule has 5 heteroatoms. The second-order valence-electron chi connectivity index (χ2n) is 6.15. The molecule has 0 spiro atoms. The quantitative estimate of drug-likeness (QED) is 0.661. The summed E-state index contributed by atoms with van der Waals surface area (Å²) in [5.41, 5.74) is 3.22. The number of carbonyl (C=O) groups excluding carboxylic acids is 1. The molecule has 0 bridgehead atoms. The van der Waals surface area contributed by atoms with Crippen molar-refractivity contribution in [3.8, 4) is 5.75 Å². The van der Waals surface area contributed by atoms with Crippen LogP contribution in [0.15, 0.2) is 53.4 Å². The number of hydrogen-bond donors (Lipinski definition) is 1. The predicted octanol–water partition coefficient (Wildman–Crippen LogP) is 4.76. The molecule has 0 aliphatic carbocycles. The number of benzene rings is 2. The van der Waals surface area contributed by atoms with Crippen LogP contribution in [-0.2, 0) is 0 Å². The molecule has 0 radical (unpaired) electrons. The smallest absolute Gasteiger partial charge is 0.253 e. The molecule has 1 aromatic heterocycles. The number of carbonyl (C=O) groups is 1. The van der Waals surface area contributed by atoms with Crippen LogP contribution in [0.1, 0.15) is 34.6 Å². The highest BCUT2D eigenvalue weighted by Crippen LogP contribution is 2.23. The summed E-state index contributed by atoms with van der Waals surface area (Å²) in [5.74, 6) is 0.623. The highest BCUT2D eigenvalue weighted by Gasteiger charge is 2.15. The molecule has 0 saturated carbocycles. The number of rotatable bonds is 5. The van der Waals surface area contributed by atoms with E-state index >= 15 is 0 Å². The van der Waals surface area contributed by atoms with Gasteiger partial charge in [0.05, 0.1) is 29.9 Å². The van der Waals surface area contributed by atoms with Crippen LogP contribution in [0.2, 0.25) is 0 Å². The standard InChI is InChI=1S/C21H22N2O2S/c1-13(15-5-8-18(26-4)9-6-15)23-21(24)19-12-16-11-17(25-3)7-10-20(16)22-14(19)2/h5-13H,1-4H3,(H,23,24). The van der Waals surface area contributed by atoms with Gasteiger partial charge in [-0.05, 0) is 62.1 Å². The lowest BCUT2D eigenvalue weighted by Crippen LogP contribution is -2.27. The van der Waals surface area contributed by atoms with Crippen molar-refractivity contribution >= 4 is 28.6 Å². The molecule has 26 heavy (non-hydrogen) atoms. The first-order valence-electron chi connectivity index (χ1n) is 8.42. The fourth-order valence-electron chi connectivity index (χ4n) is 2.86. The summed E-state index contributed by atoms with van der Waals surface area (Å²) in [6.07, 6.45) is 2.05. The zero-order valence-corrected chi connectivity index (χ0v) is 16.2. The first-order chi connectivity index (χ1) is 12.5. The zero-order valence-electron chi connectivity index (χ0n) is 15.4. The predicted molar refractivity (Wildman–Crippen MR) is 107 cm³/mol. The van der Waals surface area contributed by atoms with E-state index in [1.165, 1.54) is 4.90 Å². The Hall–Kier alpha value is -2.53. The number of pyridine rings is 1. The van der Waals surface area contributed by atoms with Crippen LogP contribution < -0.4 is 10.1 Å². The summed E-state index contributed by atoms with van der Waals surface area (Å²) in [6.45, 7) is 3.84. The Balaban J connectivity index is 1.84. The van der Waals surface area contributed by atoms with E-state index < -0.39 is 0 Å². The number of amides is 1. The van der Waals surface area contributed by atoms with E-state index in [4.69, 9.17) is 4.74 Å². The van der Waals surface area contributed by atoms with E-state index in [2.05, 4.69) is 22.4 Å². The average molecular weight is 366 g/mol. The number of hydrogen-bond acceptors (Lipinski definition) is 4. The van der Waals surface area contributed by atoms with Crippen molar-refractivity contribution in [1.29, 1.82) is 0 Å². The third kappa shape index (κ3) is 3.83. The van der Waals surface area contributed by atoms with Crippen LogP contribution in [0.25, 0.3) is 10.9 Å². The van der Waals surface area contributed by atoms with Gasteiger partial charge < -0.3 is 10.1 Å². The van der Waals surface area contributed by atoms with Gasteiger partial charge in [-0.3, -0.25) is 9.78 Å². The van der Waals surface area contributed by atoms with E-state index in [0.29, 0.717) is 11.3 Å². The summed E-state index contributed by atoms with van der Waals surface area (Å²) in [7, 11) is 1.63. The molecule has 1 atom stereocenters. The molecule has 0 aliphatic rings. The fourth-order valence-corrected chi connectivity index (χ4v) is 3.27. The highest BCUT2D eigenvalue weighted by atomic mass is 32.2. The van der Waals surface area contributed by atoms with Gasteiger partial charge in [0.15, 0.2) is 0 Å². The maximum Gasteiger partial charge on any atom is 0.253 e. The van der Waals surface area contributed by atoms with E-state index in [9.17, 15) is 4.79 Å². The van der Waals surface area contributed by atoms with Gasteiger partial charge in [-0.25, -0.2) is 0 Å². The van der Waals surface area contributed by atoms with Gasteiger partial charge in [-0.15, -0.1) is 11.8 Å². The van der Waals surface area contributed by atoms with Crippen molar-refractivity contribution in [3.63, 3.8) is 0 Å². The monoisotopic (exact) mass is 366 g/mol. The SMILES string of the molecule is COc1ccc2nc(C)c(C(=O)NC(C)c3ccc(SC)cc3)cc2c1. The normalized spacial score (nSPS) is 12.0. The number of nitrogens with one attached hydrogen (secondary N) is 1. The minimum atomic E-state index is -0.124. The van der Waals surface area contributed by atoms with Crippen molar-refractivity contribution in [1.82, 2.24) is 10.3 Å². The van der Waals surface area contributed by atoms with Crippen LogP contribution in [0.5, 0.6) is 5.75 Å². The lowest BCUT2D eigenvalue weighted by Gasteiger charge is -2.16. The van der Waals surface area contributed by atoms with Gasteiger partial charge in [-0.1, -0.05) is 12.1 Å². The number of thioether (sulfide) groups is 1. The van der Waals surface area contributed by atoms with Crippen LogP contribution in [-0.4, -0.2) is 24.3 Å². The Morgan fingerprint density at radius 1 is 1.15 bits per heavy atom. The highest BCUT2D eigenvalue weighted by molar-refractivity contribution is 7.98. The lowest BCUT2D eigenvalue weighted by molar-refractivity contribution is 0.0939. The summed E-state index contributed by atoms with van der Waals surface area (Å²) >= 11 is 1.70. The molecule has 0 saturated heterocycles. The molecule has 4 nitrogen and oxygen atoms in total. The van der Waals surface area contributed by atoms with Crippen molar-refractivity contribution in [2.24, 2.45) is 0 Å².